The second-order valence-electron chi connectivity index (χ2n) is 4.36. The number of hydrogen-bond donors (Lipinski definition) is 1. The van der Waals surface area contributed by atoms with E-state index < -0.39 is 34.3 Å². The number of methoxy groups -OCH3 is 1. The Labute approximate surface area is 98.7 Å². The van der Waals surface area contributed by atoms with Gasteiger partial charge in [0.1, 0.15) is 11.5 Å². The average Bonchev–Trinajstić information content (AvgIpc) is 3.07. The van der Waals surface area contributed by atoms with E-state index in [0.717, 1.165) is 0 Å². The van der Waals surface area contributed by atoms with Crippen LogP contribution in [0, 0.1) is 16.0 Å². The molecule has 7 nitrogen and oxygen atoms in total. The third-order valence-corrected chi connectivity index (χ3v) is 3.11. The number of nitrogens with one attached hydrogen (secondary N) is 1. The molecule has 0 aliphatic heterocycles. The molecule has 1 aliphatic carbocycles. The summed E-state index contributed by atoms with van der Waals surface area (Å²) >= 11 is 0. The van der Waals surface area contributed by atoms with E-state index in [9.17, 15) is 19.7 Å². The molecule has 0 aromatic rings. The highest BCUT2D eigenvalue weighted by Crippen LogP contribution is 2.33. The van der Waals surface area contributed by atoms with E-state index in [0.29, 0.717) is 6.42 Å². The van der Waals surface area contributed by atoms with Gasteiger partial charge in [0.15, 0.2) is 0 Å². The predicted octanol–water partition coefficient (Wildman–Crippen LogP) is 0.110. The number of ether oxygens (including phenoxy) is 1. The van der Waals surface area contributed by atoms with Crippen LogP contribution in [0.4, 0.5) is 0 Å². The van der Waals surface area contributed by atoms with E-state index in [4.69, 9.17) is 0 Å². The maximum absolute atomic E-state index is 11.7. The first-order valence-electron chi connectivity index (χ1n) is 5.39. The van der Waals surface area contributed by atoms with Gasteiger partial charge in [0.2, 0.25) is 11.9 Å². The lowest BCUT2D eigenvalue weighted by Gasteiger charge is -2.26. The van der Waals surface area contributed by atoms with Crippen LogP contribution in [0.3, 0.4) is 0 Å². The van der Waals surface area contributed by atoms with Crippen LogP contribution in [-0.4, -0.2) is 35.5 Å². The average molecular weight is 244 g/mol. The number of amides is 1. The smallest absolute Gasteiger partial charge is 0.331 e. The molecule has 0 heterocycles. The summed E-state index contributed by atoms with van der Waals surface area (Å²) in [4.78, 5) is 33.1. The second-order valence-corrected chi connectivity index (χ2v) is 4.36. The predicted molar refractivity (Wildman–Crippen MR) is 57.7 cm³/mol. The van der Waals surface area contributed by atoms with Crippen LogP contribution in [0.15, 0.2) is 0 Å². The summed E-state index contributed by atoms with van der Waals surface area (Å²) in [6.07, 6.45) is 0.598. The van der Waals surface area contributed by atoms with Crippen molar-refractivity contribution in [3.05, 3.63) is 10.1 Å². The zero-order valence-electron chi connectivity index (χ0n) is 10.1. The first kappa shape index (κ1) is 13.4. The first-order valence-corrected chi connectivity index (χ1v) is 5.39. The number of nitro groups is 1. The topological polar surface area (TPSA) is 98.5 Å². The van der Waals surface area contributed by atoms with E-state index in [1.165, 1.54) is 7.11 Å². The van der Waals surface area contributed by atoms with Crippen LogP contribution in [0.5, 0.6) is 0 Å². The van der Waals surface area contributed by atoms with Gasteiger partial charge in [0.05, 0.1) is 7.11 Å². The van der Waals surface area contributed by atoms with Crippen molar-refractivity contribution in [3.63, 3.8) is 0 Å². The normalized spacial score (nSPS) is 25.6. The summed E-state index contributed by atoms with van der Waals surface area (Å²) in [6, 6.07) is -0.811. The highest BCUT2D eigenvalue weighted by atomic mass is 16.6. The third-order valence-electron chi connectivity index (χ3n) is 3.11. The number of rotatable bonds is 5. The molecule has 1 rings (SSSR count). The highest BCUT2D eigenvalue weighted by Gasteiger charge is 2.54. The molecule has 3 atom stereocenters. The molecule has 1 aliphatic rings. The van der Waals surface area contributed by atoms with E-state index in [1.807, 2.05) is 0 Å². The minimum absolute atomic E-state index is 0.236. The summed E-state index contributed by atoms with van der Waals surface area (Å²) in [6.45, 7) is 3.27. The molecule has 7 heteroatoms. The fourth-order valence-electron chi connectivity index (χ4n) is 1.57. The van der Waals surface area contributed by atoms with Crippen LogP contribution in [-0.2, 0) is 14.3 Å². The Bertz CT molecular complexity index is 357. The lowest BCUT2D eigenvalue weighted by molar-refractivity contribution is -0.497. The minimum Gasteiger partial charge on any atom is -0.467 e. The van der Waals surface area contributed by atoms with Gasteiger partial charge in [-0.05, 0) is 13.3 Å². The molecule has 1 saturated carbocycles. The van der Waals surface area contributed by atoms with Gasteiger partial charge in [-0.3, -0.25) is 14.9 Å². The van der Waals surface area contributed by atoms with Gasteiger partial charge in [-0.2, -0.15) is 0 Å². The number of nitrogens with zero attached hydrogens (tertiary/aromatic N) is 1. The lowest BCUT2D eigenvalue weighted by Crippen LogP contribution is -2.53. The SMILES string of the molecule is CC[C@](C)(NC(=O)[C@@H]1C[C@H]1[N+](=O)[O-])C(=O)OC. The zero-order valence-corrected chi connectivity index (χ0v) is 10.1. The van der Waals surface area contributed by atoms with Gasteiger partial charge in [-0.15, -0.1) is 0 Å². The quantitative estimate of drug-likeness (QED) is 0.420. The molecule has 0 spiro atoms. The Morgan fingerprint density at radius 2 is 2.18 bits per heavy atom. The van der Waals surface area contributed by atoms with Crippen LogP contribution in [0.2, 0.25) is 0 Å². The molecule has 0 saturated heterocycles. The highest BCUT2D eigenvalue weighted by molar-refractivity contribution is 5.90. The molecule has 1 fully saturated rings. The van der Waals surface area contributed by atoms with E-state index >= 15 is 0 Å². The number of esters is 1. The van der Waals surface area contributed by atoms with Crippen LogP contribution >= 0.6 is 0 Å². The molecule has 0 bridgehead atoms. The fraction of sp³-hybridized carbons (Fsp3) is 0.800. The van der Waals surface area contributed by atoms with Crippen molar-refractivity contribution in [2.45, 2.75) is 38.3 Å². The summed E-state index contributed by atoms with van der Waals surface area (Å²) < 4.78 is 4.59. The molecule has 0 radical (unpaired) electrons. The Balaban J connectivity index is 2.61. The molecule has 1 amide bonds. The summed E-state index contributed by atoms with van der Waals surface area (Å²) in [5.41, 5.74) is -1.12. The van der Waals surface area contributed by atoms with Gasteiger partial charge in [0, 0.05) is 11.3 Å². The Hall–Kier alpha value is -1.66. The molecule has 17 heavy (non-hydrogen) atoms. The van der Waals surface area contributed by atoms with Gasteiger partial charge in [0.25, 0.3) is 0 Å². The molecular formula is C10H16N2O5. The van der Waals surface area contributed by atoms with Crippen molar-refractivity contribution in [1.29, 1.82) is 0 Å². The van der Waals surface area contributed by atoms with Gasteiger partial charge < -0.3 is 10.1 Å². The maximum Gasteiger partial charge on any atom is 0.331 e. The Morgan fingerprint density at radius 1 is 1.59 bits per heavy atom. The second kappa shape index (κ2) is 4.68. The summed E-state index contributed by atoms with van der Waals surface area (Å²) in [7, 11) is 1.24. The van der Waals surface area contributed by atoms with Gasteiger partial charge in [-0.1, -0.05) is 6.92 Å². The van der Waals surface area contributed by atoms with Gasteiger partial charge in [-0.25, -0.2) is 4.79 Å². The van der Waals surface area contributed by atoms with Crippen molar-refractivity contribution in [2.24, 2.45) is 5.92 Å². The number of hydrogen-bond acceptors (Lipinski definition) is 5. The third kappa shape index (κ3) is 2.72. The minimum atomic E-state index is -1.12. The lowest BCUT2D eigenvalue weighted by atomic mass is 9.99. The standard InChI is InChI=1S/C10H16N2O5/c1-4-10(2,9(14)17-3)11-8(13)6-5-7(6)12(15)16/h6-7H,4-5H2,1-3H3,(H,11,13)/t6-,7-,10+/m1/s1. The molecule has 0 unspecified atom stereocenters. The molecule has 96 valence electrons. The number of carbonyl (C=O) groups excluding carboxylic acids is 2. The van der Waals surface area contributed by atoms with Crippen molar-refractivity contribution in [1.82, 2.24) is 5.32 Å². The van der Waals surface area contributed by atoms with E-state index in [-0.39, 0.29) is 6.42 Å². The van der Waals surface area contributed by atoms with Gasteiger partial charge >= 0.3 is 5.97 Å². The maximum atomic E-state index is 11.7. The Morgan fingerprint density at radius 3 is 2.53 bits per heavy atom. The summed E-state index contributed by atoms with van der Waals surface area (Å²) in [5.74, 6) is -1.63. The van der Waals surface area contributed by atoms with E-state index in [1.54, 1.807) is 13.8 Å². The largest absolute Gasteiger partial charge is 0.467 e. The van der Waals surface area contributed by atoms with Crippen molar-refractivity contribution in [2.75, 3.05) is 7.11 Å². The van der Waals surface area contributed by atoms with Crippen molar-refractivity contribution >= 4 is 11.9 Å². The zero-order chi connectivity index (χ0) is 13.2. The van der Waals surface area contributed by atoms with Crippen molar-refractivity contribution in [3.8, 4) is 0 Å². The molecule has 0 aromatic heterocycles. The summed E-state index contributed by atoms with van der Waals surface area (Å²) in [5, 5.41) is 13.0. The number of carbonyl (C=O) groups is 2. The van der Waals surface area contributed by atoms with Crippen LogP contribution in [0.25, 0.3) is 0 Å². The first-order chi connectivity index (χ1) is 7.85. The van der Waals surface area contributed by atoms with Crippen LogP contribution in [0.1, 0.15) is 26.7 Å². The molecule has 1 N–H and O–H groups in total. The van der Waals surface area contributed by atoms with Crippen LogP contribution < -0.4 is 5.32 Å². The monoisotopic (exact) mass is 244 g/mol. The Kier molecular flexibility index (Phi) is 3.69. The molecule has 0 aromatic carbocycles. The fourth-order valence-corrected chi connectivity index (χ4v) is 1.57. The van der Waals surface area contributed by atoms with Crippen molar-refractivity contribution < 1.29 is 19.2 Å². The van der Waals surface area contributed by atoms with E-state index in [2.05, 4.69) is 10.1 Å². The molecular weight excluding hydrogens is 228 g/mol.